The fourth-order valence-corrected chi connectivity index (χ4v) is 1.68. The summed E-state index contributed by atoms with van der Waals surface area (Å²) in [4.78, 5) is 11.1. The number of hydrogen-bond acceptors (Lipinski definition) is 3. The molecular formula is C11H13BrClF2NO2. The molecule has 2 N–H and O–H groups in total. The Hall–Kier alpha value is -0.720. The molecule has 0 aliphatic heterocycles. The molecule has 0 bridgehead atoms. The van der Waals surface area contributed by atoms with E-state index >= 15 is 0 Å². The van der Waals surface area contributed by atoms with Gasteiger partial charge in [-0.25, -0.2) is 4.79 Å². The number of rotatable bonds is 4. The third-order valence-corrected chi connectivity index (χ3v) is 2.64. The number of alkyl halides is 2. The van der Waals surface area contributed by atoms with Crippen LogP contribution in [0.2, 0.25) is 0 Å². The van der Waals surface area contributed by atoms with Gasteiger partial charge >= 0.3 is 11.9 Å². The number of nitrogens with two attached hydrogens (primary N) is 1. The third kappa shape index (κ3) is 3.90. The Labute approximate surface area is 118 Å². The summed E-state index contributed by atoms with van der Waals surface area (Å²) in [5.74, 6) is -5.34. The largest absolute Gasteiger partial charge is 0.462 e. The summed E-state index contributed by atoms with van der Waals surface area (Å²) in [7, 11) is 0. The van der Waals surface area contributed by atoms with E-state index in [0.29, 0.717) is 4.47 Å². The van der Waals surface area contributed by atoms with Crippen molar-refractivity contribution in [1.29, 1.82) is 0 Å². The topological polar surface area (TPSA) is 52.3 Å². The highest BCUT2D eigenvalue weighted by Crippen LogP contribution is 2.31. The van der Waals surface area contributed by atoms with Crippen LogP contribution in [0.25, 0.3) is 0 Å². The molecule has 0 heterocycles. The van der Waals surface area contributed by atoms with Crippen molar-refractivity contribution in [3.05, 3.63) is 34.3 Å². The Kier molecular flexibility index (Phi) is 6.73. The molecule has 3 nitrogen and oxygen atoms in total. The number of benzene rings is 1. The monoisotopic (exact) mass is 343 g/mol. The summed E-state index contributed by atoms with van der Waals surface area (Å²) < 4.78 is 32.1. The molecule has 0 amide bonds. The average molecular weight is 345 g/mol. The van der Waals surface area contributed by atoms with Crippen LogP contribution in [0.3, 0.4) is 0 Å². The van der Waals surface area contributed by atoms with Crippen molar-refractivity contribution < 1.29 is 18.3 Å². The van der Waals surface area contributed by atoms with Gasteiger partial charge in [0.15, 0.2) is 0 Å². The van der Waals surface area contributed by atoms with E-state index in [-0.39, 0.29) is 24.6 Å². The van der Waals surface area contributed by atoms with Gasteiger partial charge in [0.25, 0.3) is 0 Å². The quantitative estimate of drug-likeness (QED) is 0.854. The zero-order valence-corrected chi connectivity index (χ0v) is 11.9. The molecule has 0 aliphatic rings. The molecule has 1 atom stereocenters. The van der Waals surface area contributed by atoms with Crippen molar-refractivity contribution in [3.63, 3.8) is 0 Å². The van der Waals surface area contributed by atoms with Crippen LogP contribution >= 0.6 is 28.3 Å². The van der Waals surface area contributed by atoms with Gasteiger partial charge in [-0.2, -0.15) is 8.78 Å². The van der Waals surface area contributed by atoms with Crippen LogP contribution in [0.15, 0.2) is 28.7 Å². The lowest BCUT2D eigenvalue weighted by Gasteiger charge is -2.21. The first-order chi connectivity index (χ1) is 7.89. The molecule has 102 valence electrons. The molecule has 0 saturated heterocycles. The van der Waals surface area contributed by atoms with E-state index in [0.717, 1.165) is 0 Å². The molecule has 1 aromatic rings. The van der Waals surface area contributed by atoms with Crippen molar-refractivity contribution in [2.24, 2.45) is 5.73 Å². The second-order valence-corrected chi connectivity index (χ2v) is 4.29. The maximum Gasteiger partial charge on any atom is 0.379 e. The minimum Gasteiger partial charge on any atom is -0.462 e. The molecule has 1 rings (SSSR count). The molecule has 1 aromatic carbocycles. The van der Waals surface area contributed by atoms with Gasteiger partial charge in [0.05, 0.1) is 6.61 Å². The predicted octanol–water partition coefficient (Wildman–Crippen LogP) is 3.07. The molecule has 0 radical (unpaired) electrons. The summed E-state index contributed by atoms with van der Waals surface area (Å²) in [6.07, 6.45) is 0. The number of carbonyl (C=O) groups excluding carboxylic acids is 1. The minimum atomic E-state index is -3.74. The predicted molar refractivity (Wildman–Crippen MR) is 69.9 cm³/mol. The van der Waals surface area contributed by atoms with Crippen LogP contribution in [0.1, 0.15) is 18.5 Å². The van der Waals surface area contributed by atoms with Gasteiger partial charge in [0.2, 0.25) is 0 Å². The van der Waals surface area contributed by atoms with E-state index in [9.17, 15) is 13.6 Å². The van der Waals surface area contributed by atoms with Gasteiger partial charge in [-0.1, -0.05) is 28.1 Å². The molecule has 7 heteroatoms. The van der Waals surface area contributed by atoms with Gasteiger partial charge in [0, 0.05) is 4.47 Å². The molecule has 18 heavy (non-hydrogen) atoms. The van der Waals surface area contributed by atoms with Crippen LogP contribution in [-0.2, 0) is 9.53 Å². The van der Waals surface area contributed by atoms with Crippen molar-refractivity contribution in [2.45, 2.75) is 18.9 Å². The van der Waals surface area contributed by atoms with Crippen molar-refractivity contribution >= 4 is 34.3 Å². The number of ether oxygens (including phenoxy) is 1. The van der Waals surface area contributed by atoms with Crippen LogP contribution < -0.4 is 5.73 Å². The Balaban J connectivity index is 0.00000289. The summed E-state index contributed by atoms with van der Waals surface area (Å²) in [6, 6.07) is 4.40. The van der Waals surface area contributed by atoms with Crippen molar-refractivity contribution in [3.8, 4) is 0 Å². The molecule has 0 spiro atoms. The van der Waals surface area contributed by atoms with Gasteiger partial charge in [-0.05, 0) is 24.6 Å². The number of halogens is 4. The maximum atomic E-state index is 13.6. The standard InChI is InChI=1S/C11H12BrF2NO2.ClH/c1-2-17-10(16)11(13,14)9(15)7-4-3-5-8(12)6-7;/h3-6,9H,2,15H2,1H3;1H/t9-;/m1./s1. The Morgan fingerprint density at radius 1 is 1.56 bits per heavy atom. The third-order valence-electron chi connectivity index (χ3n) is 2.15. The second kappa shape index (κ2) is 7.01. The number of hydrogen-bond donors (Lipinski definition) is 1. The Bertz CT molecular complexity index is 418. The van der Waals surface area contributed by atoms with E-state index in [1.54, 1.807) is 12.1 Å². The van der Waals surface area contributed by atoms with Gasteiger partial charge in [-0.3, -0.25) is 0 Å². The maximum absolute atomic E-state index is 13.6. The lowest BCUT2D eigenvalue weighted by molar-refractivity contribution is -0.174. The van der Waals surface area contributed by atoms with Crippen LogP contribution in [0, 0.1) is 0 Å². The molecule has 0 aliphatic carbocycles. The van der Waals surface area contributed by atoms with E-state index in [1.807, 2.05) is 0 Å². The minimum absolute atomic E-state index is 0. The smallest absolute Gasteiger partial charge is 0.379 e. The number of esters is 1. The first-order valence-electron chi connectivity index (χ1n) is 4.95. The summed E-state index contributed by atoms with van der Waals surface area (Å²) in [6.45, 7) is 1.35. The summed E-state index contributed by atoms with van der Waals surface area (Å²) in [5.41, 5.74) is 5.57. The Morgan fingerprint density at radius 3 is 2.67 bits per heavy atom. The zero-order chi connectivity index (χ0) is 13.1. The van der Waals surface area contributed by atoms with Crippen LogP contribution in [-0.4, -0.2) is 18.5 Å². The fraction of sp³-hybridized carbons (Fsp3) is 0.364. The van der Waals surface area contributed by atoms with E-state index in [1.165, 1.54) is 19.1 Å². The Morgan fingerprint density at radius 2 is 2.17 bits per heavy atom. The lowest BCUT2D eigenvalue weighted by atomic mass is 10.0. The molecule has 0 unspecified atom stereocenters. The first-order valence-corrected chi connectivity index (χ1v) is 5.75. The van der Waals surface area contributed by atoms with Gasteiger partial charge in [0.1, 0.15) is 6.04 Å². The lowest BCUT2D eigenvalue weighted by Crippen LogP contribution is -2.41. The SMILES string of the molecule is CCOC(=O)C(F)(F)[C@H](N)c1cccc(Br)c1.Cl. The number of carbonyl (C=O) groups is 1. The van der Waals surface area contributed by atoms with Crippen molar-refractivity contribution in [2.75, 3.05) is 6.61 Å². The van der Waals surface area contributed by atoms with E-state index in [4.69, 9.17) is 5.73 Å². The second-order valence-electron chi connectivity index (χ2n) is 3.38. The average Bonchev–Trinajstić information content (AvgIpc) is 2.28. The zero-order valence-electron chi connectivity index (χ0n) is 9.53. The molecule has 0 saturated carbocycles. The summed E-state index contributed by atoms with van der Waals surface area (Å²) in [5, 5.41) is 0. The van der Waals surface area contributed by atoms with Gasteiger partial charge in [-0.15, -0.1) is 12.4 Å². The van der Waals surface area contributed by atoms with E-state index < -0.39 is 17.9 Å². The van der Waals surface area contributed by atoms with Gasteiger partial charge < -0.3 is 10.5 Å². The normalized spacial score (nSPS) is 12.5. The van der Waals surface area contributed by atoms with E-state index in [2.05, 4.69) is 20.7 Å². The highest BCUT2D eigenvalue weighted by molar-refractivity contribution is 9.10. The van der Waals surface area contributed by atoms with Crippen molar-refractivity contribution in [1.82, 2.24) is 0 Å². The van der Waals surface area contributed by atoms with Crippen LogP contribution in [0.4, 0.5) is 8.78 Å². The molecule has 0 aromatic heterocycles. The first kappa shape index (κ1) is 17.3. The molecule has 0 fully saturated rings. The highest BCUT2D eigenvalue weighted by Gasteiger charge is 2.47. The fourth-order valence-electron chi connectivity index (χ4n) is 1.26. The molecular weight excluding hydrogens is 331 g/mol. The van der Waals surface area contributed by atoms with Crippen LogP contribution in [0.5, 0.6) is 0 Å². The highest BCUT2D eigenvalue weighted by atomic mass is 79.9. The summed E-state index contributed by atoms with van der Waals surface area (Å²) >= 11 is 3.15.